The molecule has 3 heterocycles. The molecule has 3 aliphatic rings. The zero-order valence-corrected chi connectivity index (χ0v) is 25.8. The Morgan fingerprint density at radius 3 is 2.40 bits per heavy atom. The number of hydrogen-bond acceptors (Lipinski definition) is 10. The number of nitrogens with zero attached hydrogens (tertiary/aromatic N) is 1. The summed E-state index contributed by atoms with van der Waals surface area (Å²) in [6.45, 7) is 9.20. The van der Waals surface area contributed by atoms with E-state index in [9.17, 15) is 36.4 Å². The topological polar surface area (TPSA) is 185 Å². The lowest BCUT2D eigenvalue weighted by molar-refractivity contribution is -0.107. The van der Waals surface area contributed by atoms with Gasteiger partial charge in [0.1, 0.15) is 11.5 Å². The molecule has 11 nitrogen and oxygen atoms in total. The van der Waals surface area contributed by atoms with Gasteiger partial charge in [-0.2, -0.15) is 0 Å². The van der Waals surface area contributed by atoms with Gasteiger partial charge in [-0.05, 0) is 55.3 Å². The molecule has 3 aliphatic heterocycles. The van der Waals surface area contributed by atoms with E-state index >= 15 is 0 Å². The summed E-state index contributed by atoms with van der Waals surface area (Å²) in [5.74, 6) is -1.48. The van der Waals surface area contributed by atoms with Gasteiger partial charge in [-0.1, -0.05) is 18.2 Å². The SMILES string of the molecule is [CH2+]C1(C)C=C(CS(=O)(=O)[O-])c2cc3c(cc2N1)Oc1cc2c(cc1=C3c1ccccc1C(=O)O)C(C(=O)S(=O)[O-])=CC(C)(C)N=2. The standard InChI is InChI=1S/C32H26N2O9S2/c1-31(2)13-16(15-45(40,41)42)19-9-21-26(11-24(19)33-31)43-27-12-25-20(23(30(37)44(38)39)14-32(3,4)34-25)10-22(27)28(21)17-7-5-6-8-18(17)29(35)36/h5-14H,1,15H2,2-4H3,(H3-,33,34,35,36,38,39,40,41,42)/p-1. The van der Waals surface area contributed by atoms with Crippen LogP contribution in [-0.4, -0.2) is 54.8 Å². The van der Waals surface area contributed by atoms with Gasteiger partial charge in [0, 0.05) is 68.9 Å². The molecule has 3 aromatic rings. The minimum Gasteiger partial charge on any atom is -0.766 e. The number of fused-ring (bicyclic) bond motifs is 4. The maximum Gasteiger partial charge on any atom is 0.336 e. The van der Waals surface area contributed by atoms with Crippen molar-refractivity contribution in [2.45, 2.75) is 31.8 Å². The van der Waals surface area contributed by atoms with E-state index in [0.717, 1.165) is 0 Å². The van der Waals surface area contributed by atoms with Crippen LogP contribution in [0.15, 0.2) is 65.7 Å². The van der Waals surface area contributed by atoms with Crippen LogP contribution in [-0.2, 0) is 26.0 Å². The molecule has 2 atom stereocenters. The third-order valence-electron chi connectivity index (χ3n) is 7.56. The maximum absolute atomic E-state index is 12.8. The van der Waals surface area contributed by atoms with Crippen molar-refractivity contribution in [2.75, 3.05) is 11.1 Å². The van der Waals surface area contributed by atoms with Gasteiger partial charge < -0.3 is 24.3 Å². The van der Waals surface area contributed by atoms with Crippen LogP contribution in [0, 0.1) is 6.92 Å². The first-order valence-corrected chi connectivity index (χ1v) is 16.2. The van der Waals surface area contributed by atoms with Crippen LogP contribution in [0.1, 0.15) is 53.4 Å². The summed E-state index contributed by atoms with van der Waals surface area (Å²) in [5, 5.41) is 12.9. The summed E-state index contributed by atoms with van der Waals surface area (Å²) >= 11 is -3.07. The van der Waals surface area contributed by atoms with Crippen LogP contribution in [0.5, 0.6) is 11.5 Å². The number of nitrogens with one attached hydrogen (secondary N) is 1. The summed E-state index contributed by atoms with van der Waals surface area (Å²) < 4.78 is 65.6. The second-order valence-electron chi connectivity index (χ2n) is 11.8. The van der Waals surface area contributed by atoms with Crippen molar-refractivity contribution in [1.29, 1.82) is 0 Å². The average molecular weight is 646 g/mol. The highest BCUT2D eigenvalue weighted by Gasteiger charge is 2.34. The van der Waals surface area contributed by atoms with Crippen molar-refractivity contribution in [3.05, 3.63) is 106 Å². The Labute approximate surface area is 260 Å². The molecular formula is C32H25N2O9S2-. The van der Waals surface area contributed by atoms with E-state index in [1.807, 2.05) is 0 Å². The minimum atomic E-state index is -4.70. The number of ether oxygens (including phenoxy) is 1. The fourth-order valence-electron chi connectivity index (χ4n) is 5.98. The van der Waals surface area contributed by atoms with Crippen LogP contribution < -0.4 is 20.6 Å². The summed E-state index contributed by atoms with van der Waals surface area (Å²) in [4.78, 5) is 29.9. The number of carboxylic acids is 1. The van der Waals surface area contributed by atoms with Gasteiger partial charge in [0.2, 0.25) is 5.12 Å². The highest BCUT2D eigenvalue weighted by atomic mass is 32.2. The third-order valence-corrected chi connectivity index (χ3v) is 8.75. The van der Waals surface area contributed by atoms with Crippen molar-refractivity contribution in [3.63, 3.8) is 0 Å². The smallest absolute Gasteiger partial charge is 0.336 e. The molecule has 6 rings (SSSR count). The molecule has 0 radical (unpaired) electrons. The van der Waals surface area contributed by atoms with Crippen molar-refractivity contribution in [3.8, 4) is 11.5 Å². The lowest BCUT2D eigenvalue weighted by Crippen LogP contribution is -2.34. The first-order chi connectivity index (χ1) is 20.9. The largest absolute Gasteiger partial charge is 0.766 e. The van der Waals surface area contributed by atoms with Gasteiger partial charge in [0.15, 0.2) is 5.54 Å². The Bertz CT molecular complexity index is 2200. The lowest BCUT2D eigenvalue weighted by Gasteiger charge is -2.31. The summed E-state index contributed by atoms with van der Waals surface area (Å²) in [6, 6.07) is 12.6. The van der Waals surface area contributed by atoms with Gasteiger partial charge in [0.05, 0.1) is 39.3 Å². The van der Waals surface area contributed by atoms with E-state index in [2.05, 4.69) is 17.2 Å². The van der Waals surface area contributed by atoms with Crippen molar-refractivity contribution in [2.24, 2.45) is 4.99 Å². The van der Waals surface area contributed by atoms with Crippen LogP contribution in [0.4, 0.5) is 5.69 Å². The highest BCUT2D eigenvalue weighted by molar-refractivity contribution is 7.96. The molecule has 13 heteroatoms. The fourth-order valence-corrected chi connectivity index (χ4v) is 6.94. The van der Waals surface area contributed by atoms with Crippen LogP contribution in [0.3, 0.4) is 0 Å². The third kappa shape index (κ3) is 5.59. The number of benzene rings is 3. The summed E-state index contributed by atoms with van der Waals surface area (Å²) in [5.41, 5.74) is 0.219. The van der Waals surface area contributed by atoms with Gasteiger partial charge >= 0.3 is 5.97 Å². The zero-order valence-electron chi connectivity index (χ0n) is 24.2. The van der Waals surface area contributed by atoms with Gasteiger partial charge in [-0.25, -0.2) is 13.2 Å². The highest BCUT2D eigenvalue weighted by Crippen LogP contribution is 2.44. The van der Waals surface area contributed by atoms with Gasteiger partial charge in [0.25, 0.3) is 0 Å². The van der Waals surface area contributed by atoms with Crippen LogP contribution in [0.2, 0.25) is 0 Å². The van der Waals surface area contributed by atoms with Crippen molar-refractivity contribution < 1.29 is 41.2 Å². The minimum absolute atomic E-state index is 0.0542. The Hall–Kier alpha value is -4.56. The molecule has 0 saturated heterocycles. The normalized spacial score (nSPS) is 20.0. The molecular weight excluding hydrogens is 620 g/mol. The quantitative estimate of drug-likeness (QED) is 0.186. The number of anilines is 1. The second kappa shape index (κ2) is 10.2. The average Bonchev–Trinajstić information content (AvgIpc) is 2.91. The molecule has 3 aromatic carbocycles. The predicted octanol–water partition coefficient (Wildman–Crippen LogP) is 2.89. The molecule has 230 valence electrons. The summed E-state index contributed by atoms with van der Waals surface area (Å²) in [7, 11) is -4.70. The van der Waals surface area contributed by atoms with E-state index in [1.165, 1.54) is 12.1 Å². The van der Waals surface area contributed by atoms with E-state index in [1.54, 1.807) is 69.3 Å². The molecule has 0 fully saturated rings. The second-order valence-corrected chi connectivity index (χ2v) is 14.1. The van der Waals surface area contributed by atoms with E-state index < -0.39 is 49.1 Å². The number of aromatic carboxylic acids is 1. The molecule has 0 saturated carbocycles. The molecule has 2 unspecified atom stereocenters. The fraction of sp³-hybridized carbons (Fsp3) is 0.188. The monoisotopic (exact) mass is 645 g/mol. The maximum atomic E-state index is 12.8. The summed E-state index contributed by atoms with van der Waals surface area (Å²) in [6.07, 6.45) is 3.01. The van der Waals surface area contributed by atoms with E-state index in [-0.39, 0.29) is 39.3 Å². The van der Waals surface area contributed by atoms with E-state index in [0.29, 0.717) is 33.0 Å². The van der Waals surface area contributed by atoms with Gasteiger partial charge in [-0.3, -0.25) is 14.0 Å². The number of carbonyl (C=O) groups excluding carboxylic acids is 1. The Kier molecular flexibility index (Phi) is 6.93. The molecule has 0 amide bonds. The molecule has 0 bridgehead atoms. The molecule has 0 spiro atoms. The van der Waals surface area contributed by atoms with Crippen molar-refractivity contribution >= 4 is 54.7 Å². The Morgan fingerprint density at radius 1 is 1.02 bits per heavy atom. The van der Waals surface area contributed by atoms with Crippen LogP contribution in [0.25, 0.3) is 16.7 Å². The Morgan fingerprint density at radius 2 is 1.73 bits per heavy atom. The molecule has 0 aromatic heterocycles. The molecule has 45 heavy (non-hydrogen) atoms. The zero-order chi connectivity index (χ0) is 32.6. The Balaban J connectivity index is 1.74. The van der Waals surface area contributed by atoms with Crippen LogP contribution >= 0.6 is 0 Å². The number of hydrogen-bond donors (Lipinski definition) is 2. The number of carbonyl (C=O) groups is 2. The first kappa shape index (κ1) is 30.5. The molecule has 0 aliphatic carbocycles. The predicted molar refractivity (Wildman–Crippen MR) is 165 cm³/mol. The van der Waals surface area contributed by atoms with Crippen molar-refractivity contribution in [1.82, 2.24) is 0 Å². The number of rotatable bonds is 5. The van der Waals surface area contributed by atoms with Gasteiger partial charge in [-0.15, -0.1) is 0 Å². The lowest BCUT2D eigenvalue weighted by atomic mass is 9.84. The molecule has 2 N–H and O–H groups in total. The number of carboxylic acid groups (broad SMARTS) is 1. The van der Waals surface area contributed by atoms with E-state index in [4.69, 9.17) is 4.74 Å². The first-order valence-electron chi connectivity index (χ1n) is 13.6.